The summed E-state index contributed by atoms with van der Waals surface area (Å²) in [6.07, 6.45) is 0. The lowest BCUT2D eigenvalue weighted by Crippen LogP contribution is -2.25. The molecule has 4 rings (SSSR count). The molecule has 2 heterocycles. The maximum absolute atomic E-state index is 12.8. The molecule has 134 valence electrons. The smallest absolute Gasteiger partial charge is 0.276 e. The maximum Gasteiger partial charge on any atom is 0.276 e. The molecule has 1 aromatic heterocycles. The van der Waals surface area contributed by atoms with Crippen LogP contribution in [0, 0.1) is 0 Å². The van der Waals surface area contributed by atoms with Gasteiger partial charge in [0.15, 0.2) is 5.69 Å². The third kappa shape index (κ3) is 2.50. The Balaban J connectivity index is 1.74. The molecule has 0 saturated carbocycles. The molecule has 0 saturated heterocycles. The lowest BCUT2D eigenvalue weighted by Gasteiger charge is -2.09. The molecule has 0 atom stereocenters. The molecule has 8 heteroatoms. The van der Waals surface area contributed by atoms with Gasteiger partial charge in [0, 0.05) is 25.2 Å². The molecule has 2 aromatic carbocycles. The number of nitrogens with one attached hydrogen (secondary N) is 1. The Morgan fingerprint density at radius 2 is 1.59 bits per heavy atom. The van der Waals surface area contributed by atoms with Gasteiger partial charge in [0.05, 0.1) is 16.5 Å². The van der Waals surface area contributed by atoms with Gasteiger partial charge in [-0.15, -0.1) is 0 Å². The topological polar surface area (TPSA) is 101 Å². The Morgan fingerprint density at radius 3 is 2.33 bits per heavy atom. The Kier molecular flexibility index (Phi) is 3.62. The Hall–Kier alpha value is -3.81. The number of carbonyl (C=O) groups is 3. The minimum Gasteiger partial charge on any atom is -0.321 e. The van der Waals surface area contributed by atoms with E-state index in [0.29, 0.717) is 22.0 Å². The van der Waals surface area contributed by atoms with Crippen LogP contribution < -0.4 is 10.9 Å². The summed E-state index contributed by atoms with van der Waals surface area (Å²) in [5.74, 6) is -1.32. The molecule has 1 aliphatic rings. The van der Waals surface area contributed by atoms with Crippen molar-refractivity contribution in [3.05, 3.63) is 69.6 Å². The van der Waals surface area contributed by atoms with Crippen LogP contribution in [-0.4, -0.2) is 39.4 Å². The Morgan fingerprint density at radius 1 is 0.926 bits per heavy atom. The van der Waals surface area contributed by atoms with E-state index in [2.05, 4.69) is 10.4 Å². The SMILES string of the molecule is CN1C(=O)c2ccc(NC(=O)c3nn(C)c(=O)c4ccccc34)cc2C1=O. The zero-order valence-electron chi connectivity index (χ0n) is 14.5. The van der Waals surface area contributed by atoms with Crippen LogP contribution in [0.4, 0.5) is 5.69 Å². The van der Waals surface area contributed by atoms with E-state index in [-0.39, 0.29) is 22.7 Å². The number of rotatable bonds is 2. The standard InChI is InChI=1S/C19H14N4O4/c1-22-17(25)13-8-7-10(9-14(13)18(22)26)20-16(24)15-11-5-3-4-6-12(11)19(27)23(2)21-15/h3-9H,1-2H3,(H,20,24). The van der Waals surface area contributed by atoms with Crippen LogP contribution >= 0.6 is 0 Å². The number of anilines is 1. The Bertz CT molecular complexity index is 1210. The summed E-state index contributed by atoms with van der Waals surface area (Å²) in [7, 11) is 2.88. The van der Waals surface area contributed by atoms with E-state index < -0.39 is 11.8 Å². The van der Waals surface area contributed by atoms with Gasteiger partial charge < -0.3 is 5.32 Å². The van der Waals surface area contributed by atoms with Crippen molar-refractivity contribution >= 4 is 34.2 Å². The van der Waals surface area contributed by atoms with E-state index in [1.165, 1.54) is 26.2 Å². The number of aryl methyl sites for hydroxylation is 1. The van der Waals surface area contributed by atoms with E-state index in [1.54, 1.807) is 30.3 Å². The van der Waals surface area contributed by atoms with Crippen LogP contribution in [0.3, 0.4) is 0 Å². The van der Waals surface area contributed by atoms with Gasteiger partial charge in [-0.1, -0.05) is 18.2 Å². The van der Waals surface area contributed by atoms with Gasteiger partial charge in [-0.2, -0.15) is 5.10 Å². The van der Waals surface area contributed by atoms with E-state index in [1.807, 2.05) is 0 Å². The van der Waals surface area contributed by atoms with E-state index in [9.17, 15) is 19.2 Å². The van der Waals surface area contributed by atoms with Crippen LogP contribution in [0.25, 0.3) is 10.8 Å². The highest BCUT2D eigenvalue weighted by Crippen LogP contribution is 2.25. The predicted octanol–water partition coefficient (Wildman–Crippen LogP) is 1.41. The molecule has 0 radical (unpaired) electrons. The fourth-order valence-electron chi connectivity index (χ4n) is 3.10. The number of aromatic nitrogens is 2. The van der Waals surface area contributed by atoms with Crippen molar-refractivity contribution in [2.45, 2.75) is 0 Å². The molecule has 0 spiro atoms. The summed E-state index contributed by atoms with van der Waals surface area (Å²) in [5.41, 5.74) is 0.680. The molecular formula is C19H14N4O4. The first-order valence-electron chi connectivity index (χ1n) is 8.12. The van der Waals surface area contributed by atoms with Gasteiger partial charge in [-0.05, 0) is 24.3 Å². The molecule has 0 unspecified atom stereocenters. The minimum absolute atomic E-state index is 0.0905. The summed E-state index contributed by atoms with van der Waals surface area (Å²) < 4.78 is 1.11. The first kappa shape index (κ1) is 16.6. The number of amides is 3. The second kappa shape index (κ2) is 5.87. The van der Waals surface area contributed by atoms with Gasteiger partial charge in [0.1, 0.15) is 0 Å². The van der Waals surface area contributed by atoms with Gasteiger partial charge in [-0.25, -0.2) is 4.68 Å². The molecule has 0 fully saturated rings. The predicted molar refractivity (Wildman–Crippen MR) is 97.8 cm³/mol. The molecule has 0 aliphatic carbocycles. The minimum atomic E-state index is -0.521. The van der Waals surface area contributed by atoms with E-state index in [4.69, 9.17) is 0 Å². The summed E-state index contributed by atoms with van der Waals surface area (Å²) in [6.45, 7) is 0. The summed E-state index contributed by atoms with van der Waals surface area (Å²) in [6, 6.07) is 11.2. The summed E-state index contributed by atoms with van der Waals surface area (Å²) >= 11 is 0. The second-order valence-electron chi connectivity index (χ2n) is 6.21. The van der Waals surface area contributed by atoms with Gasteiger partial charge >= 0.3 is 0 Å². The number of carbonyl (C=O) groups excluding carboxylic acids is 3. The highest BCUT2D eigenvalue weighted by atomic mass is 16.2. The van der Waals surface area contributed by atoms with Crippen molar-refractivity contribution in [2.75, 3.05) is 12.4 Å². The lowest BCUT2D eigenvalue weighted by molar-refractivity contribution is 0.0692. The first-order chi connectivity index (χ1) is 12.9. The van der Waals surface area contributed by atoms with Crippen molar-refractivity contribution in [3.63, 3.8) is 0 Å². The summed E-state index contributed by atoms with van der Waals surface area (Å²) in [4.78, 5) is 50.0. The fraction of sp³-hybridized carbons (Fsp3) is 0.105. The lowest BCUT2D eigenvalue weighted by atomic mass is 10.1. The zero-order chi connectivity index (χ0) is 19.3. The van der Waals surface area contributed by atoms with Crippen LogP contribution in [0.1, 0.15) is 31.2 Å². The Labute approximate surface area is 153 Å². The molecule has 3 aromatic rings. The van der Waals surface area contributed by atoms with Crippen molar-refractivity contribution in [1.82, 2.24) is 14.7 Å². The number of benzene rings is 2. The number of imide groups is 1. The number of nitrogens with zero attached hydrogens (tertiary/aromatic N) is 3. The highest BCUT2D eigenvalue weighted by Gasteiger charge is 2.32. The first-order valence-corrected chi connectivity index (χ1v) is 8.12. The largest absolute Gasteiger partial charge is 0.321 e. The zero-order valence-corrected chi connectivity index (χ0v) is 14.5. The molecule has 27 heavy (non-hydrogen) atoms. The van der Waals surface area contributed by atoms with Crippen molar-refractivity contribution in [3.8, 4) is 0 Å². The maximum atomic E-state index is 12.8. The molecular weight excluding hydrogens is 348 g/mol. The van der Waals surface area contributed by atoms with Crippen LogP contribution in [0.5, 0.6) is 0 Å². The molecule has 1 N–H and O–H groups in total. The number of hydrogen-bond donors (Lipinski definition) is 1. The summed E-state index contributed by atoms with van der Waals surface area (Å²) in [5, 5.41) is 7.57. The van der Waals surface area contributed by atoms with Crippen molar-refractivity contribution in [2.24, 2.45) is 7.05 Å². The average molecular weight is 362 g/mol. The third-order valence-electron chi connectivity index (χ3n) is 4.52. The highest BCUT2D eigenvalue weighted by molar-refractivity contribution is 6.22. The molecule has 8 nitrogen and oxygen atoms in total. The van der Waals surface area contributed by atoms with E-state index in [0.717, 1.165) is 9.58 Å². The monoisotopic (exact) mass is 362 g/mol. The number of hydrogen-bond acceptors (Lipinski definition) is 5. The average Bonchev–Trinajstić information content (AvgIpc) is 2.88. The van der Waals surface area contributed by atoms with Crippen molar-refractivity contribution in [1.29, 1.82) is 0 Å². The van der Waals surface area contributed by atoms with Gasteiger partial charge in [-0.3, -0.25) is 24.1 Å². The molecule has 0 bridgehead atoms. The van der Waals surface area contributed by atoms with Crippen LogP contribution in [-0.2, 0) is 7.05 Å². The van der Waals surface area contributed by atoms with Crippen LogP contribution in [0.15, 0.2) is 47.3 Å². The molecule has 3 amide bonds. The van der Waals surface area contributed by atoms with Gasteiger partial charge in [0.25, 0.3) is 23.3 Å². The van der Waals surface area contributed by atoms with Gasteiger partial charge in [0.2, 0.25) is 0 Å². The third-order valence-corrected chi connectivity index (χ3v) is 4.52. The fourth-order valence-corrected chi connectivity index (χ4v) is 3.10. The second-order valence-corrected chi connectivity index (χ2v) is 6.21. The normalized spacial score (nSPS) is 13.2. The quantitative estimate of drug-likeness (QED) is 0.695. The molecule has 1 aliphatic heterocycles. The van der Waals surface area contributed by atoms with E-state index >= 15 is 0 Å². The number of fused-ring (bicyclic) bond motifs is 2. The van der Waals surface area contributed by atoms with Crippen LogP contribution in [0.2, 0.25) is 0 Å². The van der Waals surface area contributed by atoms with Crippen molar-refractivity contribution < 1.29 is 14.4 Å².